The van der Waals surface area contributed by atoms with Crippen LogP contribution in [0.4, 0.5) is 5.69 Å². The minimum atomic E-state index is 0.176. The molecule has 0 radical (unpaired) electrons. The summed E-state index contributed by atoms with van der Waals surface area (Å²) in [6.45, 7) is 0.898. The van der Waals surface area contributed by atoms with Gasteiger partial charge >= 0.3 is 0 Å². The Hall–Kier alpha value is -1.46. The van der Waals surface area contributed by atoms with Gasteiger partial charge in [0.05, 0.1) is 5.69 Å². The molecule has 1 aromatic carbocycles. The molecule has 0 aromatic heterocycles. The summed E-state index contributed by atoms with van der Waals surface area (Å²) in [6.07, 6.45) is 0.176. The van der Waals surface area contributed by atoms with Crippen molar-refractivity contribution in [1.82, 2.24) is 9.80 Å². The first-order valence-electron chi connectivity index (χ1n) is 6.16. The van der Waals surface area contributed by atoms with Gasteiger partial charge in [-0.3, -0.25) is 4.90 Å². The van der Waals surface area contributed by atoms with Crippen molar-refractivity contribution in [2.45, 2.75) is 12.2 Å². The predicted octanol–water partition coefficient (Wildman–Crippen LogP) is 1.69. The van der Waals surface area contributed by atoms with Crippen molar-refractivity contribution in [3.05, 3.63) is 30.3 Å². The molecule has 0 fully saturated rings. The summed E-state index contributed by atoms with van der Waals surface area (Å²) in [5.74, 6) is 0. The second-order valence-corrected chi connectivity index (χ2v) is 5.09. The molecule has 98 valence electrons. The summed E-state index contributed by atoms with van der Waals surface area (Å²) in [6, 6.07) is 10.4. The Labute approximate surface area is 109 Å². The molecule has 2 rings (SSSR count). The Morgan fingerprint density at radius 1 is 1.11 bits per heavy atom. The van der Waals surface area contributed by atoms with Gasteiger partial charge in [0.25, 0.3) is 0 Å². The van der Waals surface area contributed by atoms with E-state index in [1.807, 2.05) is 23.2 Å². The lowest BCUT2D eigenvalue weighted by Gasteiger charge is -2.31. The molecule has 0 amide bonds. The highest BCUT2D eigenvalue weighted by Crippen LogP contribution is 2.26. The van der Waals surface area contributed by atoms with E-state index in [-0.39, 0.29) is 12.2 Å². The van der Waals surface area contributed by atoms with E-state index in [1.165, 1.54) is 0 Å². The van der Waals surface area contributed by atoms with Gasteiger partial charge in [-0.15, -0.1) is 0 Å². The molecular formula is C13H21N5. The van der Waals surface area contributed by atoms with Crippen LogP contribution in [0.25, 0.3) is 0 Å². The van der Waals surface area contributed by atoms with Crippen molar-refractivity contribution in [1.29, 1.82) is 0 Å². The van der Waals surface area contributed by atoms with E-state index >= 15 is 0 Å². The first-order chi connectivity index (χ1) is 8.59. The minimum absolute atomic E-state index is 0.176. The summed E-state index contributed by atoms with van der Waals surface area (Å²) in [7, 11) is 8.26. The molecule has 1 aliphatic rings. The van der Waals surface area contributed by atoms with E-state index < -0.39 is 0 Å². The van der Waals surface area contributed by atoms with Gasteiger partial charge in [-0.05, 0) is 40.3 Å². The normalized spacial score (nSPS) is 23.3. The highest BCUT2D eigenvalue weighted by atomic mass is 15.7. The van der Waals surface area contributed by atoms with Gasteiger partial charge in [0.15, 0.2) is 0 Å². The van der Waals surface area contributed by atoms with E-state index in [0.29, 0.717) is 0 Å². The van der Waals surface area contributed by atoms with Crippen LogP contribution in [-0.2, 0) is 0 Å². The third-order valence-corrected chi connectivity index (χ3v) is 2.99. The Balaban J connectivity index is 2.20. The van der Waals surface area contributed by atoms with Crippen molar-refractivity contribution in [3.63, 3.8) is 0 Å². The molecule has 5 heteroatoms. The average molecular weight is 247 g/mol. The molecular weight excluding hydrogens is 226 g/mol. The van der Waals surface area contributed by atoms with Gasteiger partial charge in [-0.2, -0.15) is 5.11 Å². The third kappa shape index (κ3) is 2.68. The number of anilines is 1. The minimum Gasteiger partial charge on any atom is -0.307 e. The van der Waals surface area contributed by atoms with Gasteiger partial charge in [0.1, 0.15) is 12.2 Å². The summed E-state index contributed by atoms with van der Waals surface area (Å²) in [4.78, 5) is 4.32. The fourth-order valence-corrected chi connectivity index (χ4v) is 2.25. The number of hydrogen-bond acceptors (Lipinski definition) is 5. The SMILES string of the molecule is CN(C)CC1N=NN(c2ccccc2)C1N(C)C. The summed E-state index contributed by atoms with van der Waals surface area (Å²) in [5.41, 5.74) is 1.08. The topological polar surface area (TPSA) is 34.4 Å². The number of hydrogen-bond donors (Lipinski definition) is 0. The standard InChI is InChI=1S/C13H21N5/c1-16(2)10-12-13(17(3)4)18(15-14-12)11-8-6-5-7-9-11/h5-9,12-13H,10H2,1-4H3. The van der Waals surface area contributed by atoms with E-state index in [2.05, 4.69) is 60.5 Å². The first kappa shape index (κ1) is 13.0. The summed E-state index contributed by atoms with van der Waals surface area (Å²) < 4.78 is 0. The second-order valence-electron chi connectivity index (χ2n) is 5.09. The van der Waals surface area contributed by atoms with Gasteiger partial charge in [0, 0.05) is 6.54 Å². The average Bonchev–Trinajstić information content (AvgIpc) is 2.73. The van der Waals surface area contributed by atoms with Crippen LogP contribution < -0.4 is 5.01 Å². The molecule has 0 aliphatic carbocycles. The number of benzene rings is 1. The Morgan fingerprint density at radius 2 is 1.78 bits per heavy atom. The quantitative estimate of drug-likeness (QED) is 0.812. The van der Waals surface area contributed by atoms with Crippen molar-refractivity contribution < 1.29 is 0 Å². The lowest BCUT2D eigenvalue weighted by molar-refractivity contribution is 0.238. The second kappa shape index (κ2) is 5.46. The smallest absolute Gasteiger partial charge is 0.131 e. The fraction of sp³-hybridized carbons (Fsp3) is 0.538. The van der Waals surface area contributed by atoms with Crippen LogP contribution in [0.15, 0.2) is 40.7 Å². The summed E-state index contributed by atoms with van der Waals surface area (Å²) >= 11 is 0. The molecule has 18 heavy (non-hydrogen) atoms. The maximum atomic E-state index is 4.40. The largest absolute Gasteiger partial charge is 0.307 e. The van der Waals surface area contributed by atoms with Gasteiger partial charge in [-0.25, -0.2) is 5.01 Å². The number of rotatable bonds is 4. The lowest BCUT2D eigenvalue weighted by Crippen LogP contribution is -2.49. The highest BCUT2D eigenvalue weighted by Gasteiger charge is 2.35. The van der Waals surface area contributed by atoms with Crippen LogP contribution in [0.5, 0.6) is 0 Å². The van der Waals surface area contributed by atoms with Gasteiger partial charge in [0.2, 0.25) is 0 Å². The van der Waals surface area contributed by atoms with E-state index in [1.54, 1.807) is 0 Å². The monoisotopic (exact) mass is 247 g/mol. The maximum Gasteiger partial charge on any atom is 0.131 e. The van der Waals surface area contributed by atoms with Gasteiger partial charge < -0.3 is 4.90 Å². The van der Waals surface area contributed by atoms with Crippen molar-refractivity contribution >= 4 is 5.69 Å². The highest BCUT2D eigenvalue weighted by molar-refractivity contribution is 5.46. The number of para-hydroxylation sites is 1. The Morgan fingerprint density at radius 3 is 2.33 bits per heavy atom. The predicted molar refractivity (Wildman–Crippen MR) is 73.6 cm³/mol. The van der Waals surface area contributed by atoms with Crippen LogP contribution in [0, 0.1) is 0 Å². The van der Waals surface area contributed by atoms with Crippen LogP contribution in [0.2, 0.25) is 0 Å². The fourth-order valence-electron chi connectivity index (χ4n) is 2.25. The zero-order chi connectivity index (χ0) is 13.1. The number of nitrogens with zero attached hydrogens (tertiary/aromatic N) is 5. The van der Waals surface area contributed by atoms with Gasteiger partial charge in [-0.1, -0.05) is 23.4 Å². The van der Waals surface area contributed by atoms with Crippen molar-refractivity contribution in [3.8, 4) is 0 Å². The molecule has 1 aromatic rings. The Kier molecular flexibility index (Phi) is 3.93. The van der Waals surface area contributed by atoms with Crippen LogP contribution in [0.1, 0.15) is 0 Å². The van der Waals surface area contributed by atoms with Crippen molar-refractivity contribution in [2.75, 3.05) is 39.7 Å². The molecule has 0 saturated carbocycles. The zero-order valence-corrected chi connectivity index (χ0v) is 11.5. The molecule has 0 spiro atoms. The van der Waals surface area contributed by atoms with E-state index in [9.17, 15) is 0 Å². The lowest BCUT2D eigenvalue weighted by atomic mass is 10.2. The third-order valence-electron chi connectivity index (χ3n) is 2.99. The molecule has 0 saturated heterocycles. The molecule has 2 atom stereocenters. The van der Waals surface area contributed by atoms with Crippen LogP contribution in [-0.4, -0.2) is 56.7 Å². The molecule has 0 bridgehead atoms. The van der Waals surface area contributed by atoms with Crippen molar-refractivity contribution in [2.24, 2.45) is 10.3 Å². The first-order valence-corrected chi connectivity index (χ1v) is 6.16. The molecule has 2 unspecified atom stereocenters. The van der Waals surface area contributed by atoms with Crippen LogP contribution >= 0.6 is 0 Å². The van der Waals surface area contributed by atoms with Crippen LogP contribution in [0.3, 0.4) is 0 Å². The summed E-state index contributed by atoms with van der Waals surface area (Å²) in [5, 5.41) is 10.7. The Bertz CT molecular complexity index is 401. The molecule has 1 heterocycles. The van der Waals surface area contributed by atoms with E-state index in [4.69, 9.17) is 0 Å². The number of likely N-dealkylation sites (N-methyl/N-ethyl adjacent to an activating group) is 2. The maximum absolute atomic E-state index is 4.40. The molecule has 1 aliphatic heterocycles. The molecule has 5 nitrogen and oxygen atoms in total. The zero-order valence-electron chi connectivity index (χ0n) is 11.5. The molecule has 0 N–H and O–H groups in total. The van der Waals surface area contributed by atoms with E-state index in [0.717, 1.165) is 12.2 Å².